The van der Waals surface area contributed by atoms with Gasteiger partial charge in [-0.25, -0.2) is 0 Å². The van der Waals surface area contributed by atoms with Crippen LogP contribution in [0.1, 0.15) is 0 Å². The van der Waals surface area contributed by atoms with E-state index < -0.39 is 0 Å². The molecule has 1 rings (SSSR count). The lowest BCUT2D eigenvalue weighted by Gasteiger charge is -2.01. The molecule has 1 heterocycles. The van der Waals surface area contributed by atoms with Crippen LogP contribution in [-0.2, 0) is 0 Å². The van der Waals surface area contributed by atoms with Gasteiger partial charge in [-0.1, -0.05) is 24.0 Å². The van der Waals surface area contributed by atoms with Crippen molar-refractivity contribution in [3.05, 3.63) is 11.1 Å². The van der Waals surface area contributed by atoms with Gasteiger partial charge in [-0.15, -0.1) is 0 Å². The predicted molar refractivity (Wildman–Crippen MR) is 45.1 cm³/mol. The van der Waals surface area contributed by atoms with Crippen LogP contribution >= 0.6 is 24.0 Å². The van der Waals surface area contributed by atoms with Crippen LogP contribution in [0.3, 0.4) is 0 Å². The second-order valence-corrected chi connectivity index (χ2v) is 3.31. The smallest absolute Gasteiger partial charge is 0.111 e. The minimum absolute atomic E-state index is 0.504. The SMILES string of the molecule is CN1C=C(C(N)=S)SC1. The molecule has 0 amide bonds. The van der Waals surface area contributed by atoms with Crippen molar-refractivity contribution in [3.63, 3.8) is 0 Å². The molecule has 0 saturated carbocycles. The first-order chi connectivity index (χ1) is 4.20. The van der Waals surface area contributed by atoms with Crippen LogP contribution in [0.4, 0.5) is 0 Å². The molecule has 1 aliphatic heterocycles. The maximum Gasteiger partial charge on any atom is 0.111 e. The van der Waals surface area contributed by atoms with Crippen molar-refractivity contribution in [1.29, 1.82) is 0 Å². The van der Waals surface area contributed by atoms with Crippen molar-refractivity contribution in [2.45, 2.75) is 0 Å². The van der Waals surface area contributed by atoms with Gasteiger partial charge in [0, 0.05) is 13.2 Å². The van der Waals surface area contributed by atoms with E-state index in [-0.39, 0.29) is 0 Å². The Morgan fingerprint density at radius 2 is 2.67 bits per heavy atom. The Labute approximate surface area is 64.1 Å². The molecule has 2 nitrogen and oxygen atoms in total. The van der Waals surface area contributed by atoms with E-state index in [0.29, 0.717) is 4.99 Å². The van der Waals surface area contributed by atoms with Crippen molar-refractivity contribution < 1.29 is 0 Å². The molecule has 0 unspecified atom stereocenters. The number of thiocarbonyl (C=S) groups is 1. The Hall–Kier alpha value is -0.220. The summed E-state index contributed by atoms with van der Waals surface area (Å²) in [6.45, 7) is 0. The van der Waals surface area contributed by atoms with Gasteiger partial charge in [0.1, 0.15) is 4.99 Å². The molecule has 0 bridgehead atoms. The molecular formula is C5H8N2S2. The molecule has 0 aromatic heterocycles. The minimum atomic E-state index is 0.504. The van der Waals surface area contributed by atoms with Gasteiger partial charge in [0.15, 0.2) is 0 Å². The first-order valence-electron chi connectivity index (χ1n) is 2.55. The lowest BCUT2D eigenvalue weighted by atomic mass is 10.6. The molecular weight excluding hydrogens is 152 g/mol. The third-order valence-electron chi connectivity index (χ3n) is 1.00. The van der Waals surface area contributed by atoms with Gasteiger partial charge >= 0.3 is 0 Å². The van der Waals surface area contributed by atoms with Crippen LogP contribution in [0.25, 0.3) is 0 Å². The maximum atomic E-state index is 5.38. The molecule has 0 aromatic carbocycles. The van der Waals surface area contributed by atoms with E-state index >= 15 is 0 Å². The van der Waals surface area contributed by atoms with Crippen LogP contribution in [0.15, 0.2) is 11.1 Å². The Bertz CT molecular complexity index is 164. The lowest BCUT2D eigenvalue weighted by Crippen LogP contribution is -2.07. The van der Waals surface area contributed by atoms with Crippen molar-refractivity contribution in [2.75, 3.05) is 12.9 Å². The monoisotopic (exact) mass is 160 g/mol. The second-order valence-electron chi connectivity index (χ2n) is 1.89. The summed E-state index contributed by atoms with van der Waals surface area (Å²) in [6, 6.07) is 0. The molecule has 0 fully saturated rings. The number of nitrogens with zero attached hydrogens (tertiary/aromatic N) is 1. The summed E-state index contributed by atoms with van der Waals surface area (Å²) in [4.78, 5) is 3.58. The van der Waals surface area contributed by atoms with Crippen LogP contribution in [0, 0.1) is 0 Å². The van der Waals surface area contributed by atoms with Crippen molar-refractivity contribution in [2.24, 2.45) is 5.73 Å². The highest BCUT2D eigenvalue weighted by atomic mass is 32.2. The van der Waals surface area contributed by atoms with Gasteiger partial charge in [-0.3, -0.25) is 0 Å². The fraction of sp³-hybridized carbons (Fsp3) is 0.400. The van der Waals surface area contributed by atoms with E-state index in [2.05, 4.69) is 4.90 Å². The largest absolute Gasteiger partial charge is 0.389 e. The first-order valence-corrected chi connectivity index (χ1v) is 3.94. The van der Waals surface area contributed by atoms with Crippen molar-refractivity contribution in [1.82, 2.24) is 4.90 Å². The zero-order valence-electron chi connectivity index (χ0n) is 5.13. The number of nitrogens with two attached hydrogens (primary N) is 1. The Morgan fingerprint density at radius 1 is 2.00 bits per heavy atom. The standard InChI is InChI=1S/C5H8N2S2/c1-7-2-4(5(6)8)9-3-7/h2H,3H2,1H3,(H2,6,8). The summed E-state index contributed by atoms with van der Waals surface area (Å²) in [5, 5.41) is 0. The lowest BCUT2D eigenvalue weighted by molar-refractivity contribution is 0.551. The summed E-state index contributed by atoms with van der Waals surface area (Å²) in [7, 11) is 2.00. The molecule has 0 saturated heterocycles. The zero-order valence-corrected chi connectivity index (χ0v) is 6.76. The highest BCUT2D eigenvalue weighted by Crippen LogP contribution is 2.23. The van der Waals surface area contributed by atoms with E-state index in [1.807, 2.05) is 13.2 Å². The third kappa shape index (κ3) is 1.59. The van der Waals surface area contributed by atoms with Gasteiger partial charge < -0.3 is 10.6 Å². The van der Waals surface area contributed by atoms with Crippen molar-refractivity contribution in [3.8, 4) is 0 Å². The average Bonchev–Trinajstić information content (AvgIpc) is 2.14. The molecule has 0 spiro atoms. The van der Waals surface area contributed by atoms with Gasteiger partial charge in [-0.2, -0.15) is 0 Å². The third-order valence-corrected chi connectivity index (χ3v) is 2.53. The number of hydrogen-bond acceptors (Lipinski definition) is 3. The highest BCUT2D eigenvalue weighted by molar-refractivity contribution is 8.05. The zero-order chi connectivity index (χ0) is 6.85. The molecule has 50 valence electrons. The van der Waals surface area contributed by atoms with Gasteiger partial charge in [0.05, 0.1) is 10.8 Å². The number of rotatable bonds is 1. The van der Waals surface area contributed by atoms with E-state index in [4.69, 9.17) is 18.0 Å². The molecule has 4 heteroatoms. The van der Waals surface area contributed by atoms with Gasteiger partial charge in [-0.05, 0) is 0 Å². The summed E-state index contributed by atoms with van der Waals surface area (Å²) in [6.07, 6.45) is 1.97. The van der Waals surface area contributed by atoms with E-state index in [1.54, 1.807) is 11.8 Å². The summed E-state index contributed by atoms with van der Waals surface area (Å²) < 4.78 is 0. The first kappa shape index (κ1) is 6.89. The Morgan fingerprint density at radius 3 is 2.89 bits per heavy atom. The Kier molecular flexibility index (Phi) is 1.97. The Balaban J connectivity index is 2.62. The fourth-order valence-corrected chi connectivity index (χ4v) is 1.62. The minimum Gasteiger partial charge on any atom is -0.389 e. The van der Waals surface area contributed by atoms with Crippen LogP contribution in [-0.4, -0.2) is 22.8 Å². The molecule has 1 aliphatic rings. The second kappa shape index (κ2) is 2.58. The van der Waals surface area contributed by atoms with Crippen LogP contribution in [0.2, 0.25) is 0 Å². The number of thioether (sulfide) groups is 1. The van der Waals surface area contributed by atoms with Gasteiger partial charge in [0.2, 0.25) is 0 Å². The molecule has 0 atom stereocenters. The summed E-state index contributed by atoms with van der Waals surface area (Å²) >= 11 is 6.45. The summed E-state index contributed by atoms with van der Waals surface area (Å²) in [5.74, 6) is 0.965. The normalized spacial score (nSPS) is 17.9. The molecule has 2 N–H and O–H groups in total. The highest BCUT2D eigenvalue weighted by Gasteiger charge is 2.10. The predicted octanol–water partition coefficient (Wildman–Crippen LogP) is 0.750. The van der Waals surface area contributed by atoms with Gasteiger partial charge in [0.25, 0.3) is 0 Å². The quantitative estimate of drug-likeness (QED) is 0.573. The fourth-order valence-electron chi connectivity index (χ4n) is 0.581. The maximum absolute atomic E-state index is 5.38. The van der Waals surface area contributed by atoms with E-state index in [0.717, 1.165) is 10.8 Å². The molecule has 0 radical (unpaired) electrons. The number of hydrogen-bond donors (Lipinski definition) is 1. The average molecular weight is 160 g/mol. The molecule has 9 heavy (non-hydrogen) atoms. The summed E-state index contributed by atoms with van der Waals surface area (Å²) in [5.41, 5.74) is 5.38. The van der Waals surface area contributed by atoms with Crippen LogP contribution < -0.4 is 5.73 Å². The molecule has 0 aromatic rings. The van der Waals surface area contributed by atoms with Crippen LogP contribution in [0.5, 0.6) is 0 Å². The van der Waals surface area contributed by atoms with Crippen molar-refractivity contribution >= 4 is 29.0 Å². The van der Waals surface area contributed by atoms with E-state index in [1.165, 1.54) is 0 Å². The topological polar surface area (TPSA) is 29.3 Å². The molecule has 0 aliphatic carbocycles. The van der Waals surface area contributed by atoms with E-state index in [9.17, 15) is 0 Å².